The molecule has 0 saturated carbocycles. The molecule has 0 aromatic carbocycles. The molecule has 1 fully saturated rings. The first-order chi connectivity index (χ1) is 7.15. The average Bonchev–Trinajstić information content (AvgIpc) is 2.26. The van der Waals surface area contributed by atoms with Crippen LogP contribution in [0.15, 0.2) is 5.16 Å². The molecular weight excluding hydrogens is 216 g/mol. The molecule has 0 bridgehead atoms. The van der Waals surface area contributed by atoms with Gasteiger partial charge in [0.05, 0.1) is 11.9 Å². The molecule has 1 atom stereocenters. The maximum Gasteiger partial charge on any atom is 0.433 e. The Morgan fingerprint density at radius 2 is 2.47 bits per heavy atom. The number of oxime groups is 1. The molecule has 0 spiro atoms. The zero-order valence-corrected chi connectivity index (χ0v) is 9.97. The van der Waals surface area contributed by atoms with Crippen molar-refractivity contribution in [3.63, 3.8) is 0 Å². The first-order valence-corrected chi connectivity index (χ1v) is 5.91. The Hall–Kier alpha value is -0.910. The fourth-order valence-electron chi connectivity index (χ4n) is 1.16. The van der Waals surface area contributed by atoms with E-state index in [1.54, 1.807) is 11.8 Å². The number of ether oxygens (including phenoxy) is 1. The Balaban J connectivity index is 2.59. The smallest absolute Gasteiger partial charge is 0.433 e. The monoisotopic (exact) mass is 232 g/mol. The van der Waals surface area contributed by atoms with Crippen LogP contribution in [0.3, 0.4) is 0 Å². The maximum absolute atomic E-state index is 10.8. The molecule has 1 amide bonds. The van der Waals surface area contributed by atoms with Gasteiger partial charge in [-0.25, -0.2) is 4.79 Å². The van der Waals surface area contributed by atoms with Crippen LogP contribution in [0.1, 0.15) is 13.8 Å². The second-order valence-electron chi connectivity index (χ2n) is 3.44. The van der Waals surface area contributed by atoms with Gasteiger partial charge in [0.15, 0.2) is 0 Å². The zero-order valence-electron chi connectivity index (χ0n) is 9.15. The van der Waals surface area contributed by atoms with Crippen LogP contribution in [0.2, 0.25) is 0 Å². The quantitative estimate of drug-likeness (QED) is 0.578. The van der Waals surface area contributed by atoms with Gasteiger partial charge < -0.3 is 10.1 Å². The number of amides is 1. The highest BCUT2D eigenvalue weighted by Gasteiger charge is 2.26. The standard InChI is InChI=1S/C9H16N2O3S/c1-6(2)7-8(13-4-5-15-7)11-14-9(12)10-3/h6-7H,4-5H2,1-3H3,(H,10,12). The summed E-state index contributed by atoms with van der Waals surface area (Å²) >= 11 is 1.77. The summed E-state index contributed by atoms with van der Waals surface area (Å²) in [5, 5.41) is 6.21. The predicted octanol–water partition coefficient (Wildman–Crippen LogP) is 1.44. The third kappa shape index (κ3) is 3.62. The molecule has 5 nitrogen and oxygen atoms in total. The number of carbonyl (C=O) groups is 1. The summed E-state index contributed by atoms with van der Waals surface area (Å²) in [6.07, 6.45) is -0.579. The summed E-state index contributed by atoms with van der Waals surface area (Å²) in [4.78, 5) is 15.4. The molecular formula is C9H16N2O3S. The molecule has 15 heavy (non-hydrogen) atoms. The van der Waals surface area contributed by atoms with Gasteiger partial charge in [-0.3, -0.25) is 4.84 Å². The van der Waals surface area contributed by atoms with Crippen LogP contribution in [0.5, 0.6) is 0 Å². The minimum atomic E-state index is -0.579. The third-order valence-electron chi connectivity index (χ3n) is 1.90. The van der Waals surface area contributed by atoms with Crippen LogP contribution in [-0.4, -0.2) is 36.6 Å². The average molecular weight is 232 g/mol. The lowest BCUT2D eigenvalue weighted by atomic mass is 10.1. The summed E-state index contributed by atoms with van der Waals surface area (Å²) < 4.78 is 5.37. The summed E-state index contributed by atoms with van der Waals surface area (Å²) in [6.45, 7) is 4.79. The van der Waals surface area contributed by atoms with Crippen LogP contribution in [0, 0.1) is 5.92 Å². The number of hydrogen-bond donors (Lipinski definition) is 1. The highest BCUT2D eigenvalue weighted by Crippen LogP contribution is 2.25. The lowest BCUT2D eigenvalue weighted by Gasteiger charge is -2.25. The molecule has 86 valence electrons. The van der Waals surface area contributed by atoms with Crippen LogP contribution in [0.4, 0.5) is 4.79 Å². The summed E-state index contributed by atoms with van der Waals surface area (Å²) in [6, 6.07) is 0. The van der Waals surface area contributed by atoms with E-state index in [-0.39, 0.29) is 5.25 Å². The molecule has 1 rings (SSSR count). The Bertz CT molecular complexity index is 256. The number of hydrogen-bond acceptors (Lipinski definition) is 5. The summed E-state index contributed by atoms with van der Waals surface area (Å²) in [5.74, 6) is 1.86. The normalized spacial score (nSPS) is 23.7. The van der Waals surface area contributed by atoms with Crippen molar-refractivity contribution >= 4 is 23.8 Å². The SMILES string of the molecule is CNC(=O)ON=C1OCCSC1C(C)C. The number of nitrogens with one attached hydrogen (secondary N) is 1. The van der Waals surface area contributed by atoms with Crippen molar-refractivity contribution in [1.29, 1.82) is 0 Å². The molecule has 1 heterocycles. The molecule has 1 unspecified atom stereocenters. The van der Waals surface area contributed by atoms with Gasteiger partial charge in [-0.05, 0) is 11.1 Å². The second kappa shape index (κ2) is 5.85. The Morgan fingerprint density at radius 1 is 1.73 bits per heavy atom. The van der Waals surface area contributed by atoms with Gasteiger partial charge in [0.1, 0.15) is 0 Å². The number of rotatable bonds is 2. The second-order valence-corrected chi connectivity index (χ2v) is 4.69. The van der Waals surface area contributed by atoms with Gasteiger partial charge in [-0.1, -0.05) is 13.8 Å². The Labute approximate surface area is 93.6 Å². The molecule has 6 heteroatoms. The highest BCUT2D eigenvalue weighted by atomic mass is 32.2. The van der Waals surface area contributed by atoms with Gasteiger partial charge in [-0.2, -0.15) is 0 Å². The van der Waals surface area contributed by atoms with Gasteiger partial charge in [0.25, 0.3) is 0 Å². The summed E-state index contributed by atoms with van der Waals surface area (Å²) in [7, 11) is 1.49. The molecule has 0 aliphatic carbocycles. The number of carbonyl (C=O) groups excluding carboxylic acids is 1. The molecule has 1 saturated heterocycles. The van der Waals surface area contributed by atoms with Crippen molar-refractivity contribution in [3.8, 4) is 0 Å². The van der Waals surface area contributed by atoms with Gasteiger partial charge in [0.2, 0.25) is 5.90 Å². The van der Waals surface area contributed by atoms with Gasteiger partial charge >= 0.3 is 6.09 Å². The van der Waals surface area contributed by atoms with E-state index in [4.69, 9.17) is 4.74 Å². The first kappa shape index (κ1) is 12.2. The minimum Gasteiger partial charge on any atom is -0.477 e. The van der Waals surface area contributed by atoms with Crippen molar-refractivity contribution in [3.05, 3.63) is 0 Å². The fraction of sp³-hybridized carbons (Fsp3) is 0.778. The van der Waals surface area contributed by atoms with E-state index in [0.717, 1.165) is 5.75 Å². The molecule has 1 N–H and O–H groups in total. The number of nitrogens with zero attached hydrogens (tertiary/aromatic N) is 1. The van der Waals surface area contributed by atoms with Crippen LogP contribution < -0.4 is 5.32 Å². The Kier molecular flexibility index (Phi) is 4.74. The third-order valence-corrected chi connectivity index (χ3v) is 3.41. The van der Waals surface area contributed by atoms with Crippen molar-refractivity contribution in [2.75, 3.05) is 19.4 Å². The van der Waals surface area contributed by atoms with Crippen molar-refractivity contribution < 1.29 is 14.4 Å². The van der Waals surface area contributed by atoms with E-state index in [1.807, 2.05) is 0 Å². The molecule has 0 radical (unpaired) electrons. The van der Waals surface area contributed by atoms with E-state index >= 15 is 0 Å². The number of thioether (sulfide) groups is 1. The largest absolute Gasteiger partial charge is 0.477 e. The van der Waals surface area contributed by atoms with E-state index in [9.17, 15) is 4.79 Å². The van der Waals surface area contributed by atoms with E-state index in [2.05, 4.69) is 29.2 Å². The Morgan fingerprint density at radius 3 is 3.07 bits per heavy atom. The van der Waals surface area contributed by atoms with Gasteiger partial charge in [-0.15, -0.1) is 11.8 Å². The van der Waals surface area contributed by atoms with E-state index in [1.165, 1.54) is 7.05 Å². The lowest BCUT2D eigenvalue weighted by Crippen LogP contribution is -2.32. The van der Waals surface area contributed by atoms with E-state index in [0.29, 0.717) is 18.4 Å². The zero-order chi connectivity index (χ0) is 11.3. The minimum absolute atomic E-state index is 0.170. The highest BCUT2D eigenvalue weighted by molar-refractivity contribution is 8.00. The first-order valence-electron chi connectivity index (χ1n) is 4.86. The van der Waals surface area contributed by atoms with Gasteiger partial charge in [0, 0.05) is 12.8 Å². The van der Waals surface area contributed by atoms with Crippen LogP contribution >= 0.6 is 11.8 Å². The predicted molar refractivity (Wildman–Crippen MR) is 60.0 cm³/mol. The fourth-order valence-corrected chi connectivity index (χ4v) is 2.23. The maximum atomic E-state index is 10.8. The van der Waals surface area contributed by atoms with Crippen molar-refractivity contribution in [2.24, 2.45) is 11.1 Å². The molecule has 1 aliphatic rings. The van der Waals surface area contributed by atoms with E-state index < -0.39 is 6.09 Å². The van der Waals surface area contributed by atoms with Crippen molar-refractivity contribution in [1.82, 2.24) is 5.32 Å². The van der Waals surface area contributed by atoms with Crippen molar-refractivity contribution in [2.45, 2.75) is 19.1 Å². The molecule has 0 aromatic heterocycles. The topological polar surface area (TPSA) is 59.9 Å². The summed E-state index contributed by atoms with van der Waals surface area (Å²) in [5.41, 5.74) is 0. The molecule has 1 aliphatic heterocycles. The molecule has 0 aromatic rings. The van der Waals surface area contributed by atoms with Crippen LogP contribution in [0.25, 0.3) is 0 Å². The van der Waals surface area contributed by atoms with Crippen LogP contribution in [-0.2, 0) is 9.57 Å². The lowest BCUT2D eigenvalue weighted by molar-refractivity contribution is 0.145.